The van der Waals surface area contributed by atoms with E-state index in [0.717, 1.165) is 33.2 Å². The van der Waals surface area contributed by atoms with Gasteiger partial charge in [0.25, 0.3) is 0 Å². The minimum absolute atomic E-state index is 0.200. The first-order chi connectivity index (χ1) is 15.1. The number of benzene rings is 2. The van der Waals surface area contributed by atoms with Crippen molar-refractivity contribution < 1.29 is 0 Å². The van der Waals surface area contributed by atoms with Crippen LogP contribution in [0.2, 0.25) is 5.28 Å². The highest BCUT2D eigenvalue weighted by Crippen LogP contribution is 2.31. The van der Waals surface area contributed by atoms with Crippen molar-refractivity contribution >= 4 is 39.5 Å². The number of imidazole rings is 1. The van der Waals surface area contributed by atoms with E-state index < -0.39 is 0 Å². The zero-order chi connectivity index (χ0) is 21.4. The average Bonchev–Trinajstić information content (AvgIpc) is 3.21. The summed E-state index contributed by atoms with van der Waals surface area (Å²) in [6.07, 6.45) is 3.64. The van der Waals surface area contributed by atoms with Crippen LogP contribution < -0.4 is 5.32 Å². The summed E-state index contributed by atoms with van der Waals surface area (Å²) >= 11 is 6.22. The Morgan fingerprint density at radius 2 is 1.74 bits per heavy atom. The Bertz CT molecular complexity index is 1390. The van der Waals surface area contributed by atoms with Gasteiger partial charge in [0.15, 0.2) is 17.0 Å². The molecule has 31 heavy (non-hydrogen) atoms. The number of aromatic nitrogens is 5. The second kappa shape index (κ2) is 7.96. The summed E-state index contributed by atoms with van der Waals surface area (Å²) in [6.45, 7) is 4.74. The Kier molecular flexibility index (Phi) is 5.00. The van der Waals surface area contributed by atoms with Crippen molar-refractivity contribution in [3.8, 4) is 11.1 Å². The first-order valence-electron chi connectivity index (χ1n) is 10.2. The second-order valence-electron chi connectivity index (χ2n) is 7.65. The Morgan fingerprint density at radius 3 is 2.61 bits per heavy atom. The Labute approximate surface area is 185 Å². The van der Waals surface area contributed by atoms with E-state index in [4.69, 9.17) is 11.6 Å². The normalized spacial score (nSPS) is 11.5. The largest absolute Gasteiger partial charge is 0.364 e. The first kappa shape index (κ1) is 19.5. The van der Waals surface area contributed by atoms with Crippen molar-refractivity contribution in [1.82, 2.24) is 24.5 Å². The number of hydrogen-bond acceptors (Lipinski definition) is 5. The van der Waals surface area contributed by atoms with E-state index >= 15 is 0 Å². The van der Waals surface area contributed by atoms with E-state index in [-0.39, 0.29) is 11.3 Å². The molecule has 2 aromatic carbocycles. The quantitative estimate of drug-likeness (QED) is 0.353. The summed E-state index contributed by atoms with van der Waals surface area (Å²) < 4.78 is 1.99. The van der Waals surface area contributed by atoms with E-state index in [1.165, 1.54) is 0 Å². The van der Waals surface area contributed by atoms with Crippen molar-refractivity contribution in [3.05, 3.63) is 78.0 Å². The molecule has 1 N–H and O–H groups in total. The zero-order valence-electron chi connectivity index (χ0n) is 17.2. The molecular weight excluding hydrogens is 408 g/mol. The molecule has 3 heterocycles. The molecule has 3 aromatic heterocycles. The molecule has 0 unspecified atom stereocenters. The molecule has 7 heteroatoms. The maximum atomic E-state index is 6.22. The second-order valence-corrected chi connectivity index (χ2v) is 7.98. The molecule has 0 atom stereocenters. The lowest BCUT2D eigenvalue weighted by Crippen LogP contribution is -2.06. The lowest BCUT2D eigenvalue weighted by molar-refractivity contribution is 0.612. The summed E-state index contributed by atoms with van der Waals surface area (Å²) in [5.74, 6) is 0.629. The number of hydrogen-bond donors (Lipinski definition) is 1. The standard InChI is InChI=1S/C24H21ClN6/c1-15(2)31-14-28-21-22(29-24(25)30-23(21)31)27-13-16-7-3-4-8-17(16)18-11-12-26-20-10-6-5-9-19(18)20/h3-12,14-15H,13H2,1-2H3,(H,27,29,30). The van der Waals surface area contributed by atoms with E-state index in [0.29, 0.717) is 17.9 Å². The van der Waals surface area contributed by atoms with Gasteiger partial charge in [-0.2, -0.15) is 9.97 Å². The van der Waals surface area contributed by atoms with Crippen LogP contribution in [0.4, 0.5) is 5.82 Å². The fraction of sp³-hybridized carbons (Fsp3) is 0.167. The highest BCUT2D eigenvalue weighted by atomic mass is 35.5. The number of nitrogens with one attached hydrogen (secondary N) is 1. The molecule has 5 rings (SSSR count). The van der Waals surface area contributed by atoms with Crippen LogP contribution in [-0.2, 0) is 6.54 Å². The van der Waals surface area contributed by atoms with Gasteiger partial charge in [-0.1, -0.05) is 42.5 Å². The monoisotopic (exact) mass is 428 g/mol. The molecule has 0 radical (unpaired) electrons. The third kappa shape index (κ3) is 3.59. The molecule has 154 valence electrons. The molecule has 0 amide bonds. The molecule has 0 bridgehead atoms. The SMILES string of the molecule is CC(C)n1cnc2c(NCc3ccccc3-c3ccnc4ccccc34)nc(Cl)nc21. The number of pyridine rings is 1. The molecule has 0 aliphatic carbocycles. The molecule has 0 aliphatic rings. The van der Waals surface area contributed by atoms with Crippen LogP contribution in [0.25, 0.3) is 33.2 Å². The number of anilines is 1. The summed E-state index contributed by atoms with van der Waals surface area (Å²) in [4.78, 5) is 17.8. The number of nitrogens with zero attached hydrogens (tertiary/aromatic N) is 5. The number of halogens is 1. The predicted octanol–water partition coefficient (Wildman–Crippen LogP) is 5.89. The lowest BCUT2D eigenvalue weighted by atomic mass is 9.96. The maximum absolute atomic E-state index is 6.22. The van der Waals surface area contributed by atoms with Gasteiger partial charge in [0.05, 0.1) is 11.8 Å². The Hall–Kier alpha value is -3.51. The smallest absolute Gasteiger partial charge is 0.226 e. The van der Waals surface area contributed by atoms with Gasteiger partial charge in [0.1, 0.15) is 0 Å². The zero-order valence-corrected chi connectivity index (χ0v) is 18.0. The maximum Gasteiger partial charge on any atom is 0.226 e. The fourth-order valence-corrected chi connectivity index (χ4v) is 4.00. The van der Waals surface area contributed by atoms with E-state index in [1.807, 2.05) is 35.0 Å². The minimum Gasteiger partial charge on any atom is -0.364 e. The molecule has 5 aromatic rings. The van der Waals surface area contributed by atoms with Crippen LogP contribution in [-0.4, -0.2) is 24.5 Å². The van der Waals surface area contributed by atoms with Crippen molar-refractivity contribution in [2.45, 2.75) is 26.4 Å². The molecule has 0 aliphatic heterocycles. The van der Waals surface area contributed by atoms with E-state index in [1.54, 1.807) is 6.33 Å². The third-order valence-electron chi connectivity index (χ3n) is 5.35. The van der Waals surface area contributed by atoms with Crippen LogP contribution in [0.5, 0.6) is 0 Å². The van der Waals surface area contributed by atoms with Gasteiger partial charge in [-0.25, -0.2) is 4.98 Å². The van der Waals surface area contributed by atoms with Gasteiger partial charge in [-0.3, -0.25) is 4.98 Å². The van der Waals surface area contributed by atoms with Crippen molar-refractivity contribution in [1.29, 1.82) is 0 Å². The number of rotatable bonds is 5. The summed E-state index contributed by atoms with van der Waals surface area (Å²) in [5, 5.41) is 4.75. The topological polar surface area (TPSA) is 68.5 Å². The Morgan fingerprint density at radius 1 is 0.935 bits per heavy atom. The van der Waals surface area contributed by atoms with Gasteiger partial charge in [0, 0.05) is 24.2 Å². The summed E-state index contributed by atoms with van der Waals surface area (Å²) in [6, 6.07) is 18.8. The Balaban J connectivity index is 1.53. The molecule has 6 nitrogen and oxygen atoms in total. The van der Waals surface area contributed by atoms with E-state index in [9.17, 15) is 0 Å². The van der Waals surface area contributed by atoms with Crippen LogP contribution in [0.1, 0.15) is 25.5 Å². The van der Waals surface area contributed by atoms with Crippen LogP contribution >= 0.6 is 11.6 Å². The highest BCUT2D eigenvalue weighted by molar-refractivity contribution is 6.28. The first-order valence-corrected chi connectivity index (χ1v) is 10.6. The predicted molar refractivity (Wildman–Crippen MR) is 125 cm³/mol. The van der Waals surface area contributed by atoms with Crippen molar-refractivity contribution in [2.75, 3.05) is 5.32 Å². The van der Waals surface area contributed by atoms with Crippen LogP contribution in [0, 0.1) is 0 Å². The van der Waals surface area contributed by atoms with Crippen molar-refractivity contribution in [3.63, 3.8) is 0 Å². The molecular formula is C24H21ClN6. The number of para-hydroxylation sites is 1. The molecule has 0 fully saturated rings. The van der Waals surface area contributed by atoms with Gasteiger partial charge in [0.2, 0.25) is 5.28 Å². The van der Waals surface area contributed by atoms with Gasteiger partial charge in [-0.15, -0.1) is 0 Å². The van der Waals surface area contributed by atoms with E-state index in [2.05, 4.69) is 69.4 Å². The lowest BCUT2D eigenvalue weighted by Gasteiger charge is -2.14. The minimum atomic E-state index is 0.200. The van der Waals surface area contributed by atoms with Gasteiger partial charge >= 0.3 is 0 Å². The van der Waals surface area contributed by atoms with Crippen LogP contribution in [0.3, 0.4) is 0 Å². The third-order valence-corrected chi connectivity index (χ3v) is 5.52. The molecule has 0 saturated heterocycles. The van der Waals surface area contributed by atoms with Gasteiger partial charge < -0.3 is 9.88 Å². The van der Waals surface area contributed by atoms with Crippen LogP contribution in [0.15, 0.2) is 67.1 Å². The number of fused-ring (bicyclic) bond motifs is 2. The molecule has 0 spiro atoms. The highest BCUT2D eigenvalue weighted by Gasteiger charge is 2.15. The summed E-state index contributed by atoms with van der Waals surface area (Å²) in [7, 11) is 0. The molecule has 0 saturated carbocycles. The summed E-state index contributed by atoms with van der Waals surface area (Å²) in [5.41, 5.74) is 5.86. The average molecular weight is 429 g/mol. The van der Waals surface area contributed by atoms with Crippen molar-refractivity contribution in [2.24, 2.45) is 0 Å². The fourth-order valence-electron chi connectivity index (χ4n) is 3.84. The van der Waals surface area contributed by atoms with Gasteiger partial charge in [-0.05, 0) is 54.3 Å².